The van der Waals surface area contributed by atoms with E-state index in [0.29, 0.717) is 12.8 Å². The molecule has 0 aromatic heterocycles. The van der Waals surface area contributed by atoms with Gasteiger partial charge < -0.3 is 20.1 Å². The van der Waals surface area contributed by atoms with Crippen LogP contribution in [0.15, 0.2) is 146 Å². The molecule has 0 aliphatic rings. The lowest BCUT2D eigenvalue weighted by Crippen LogP contribution is -2.29. The molecular weight excluding hydrogens is 930 g/mol. The molecule has 0 rings (SSSR count). The Morgan fingerprint density at radius 1 is 0.411 bits per heavy atom. The number of phosphoric acid groups is 1. The maximum atomic E-state index is 12.7. The summed E-state index contributed by atoms with van der Waals surface area (Å²) in [5.74, 6) is -0.864. The normalized spacial score (nSPS) is 14.2. The number of unbranched alkanes of at least 4 members (excludes halogenated alkanes) is 14. The number of allylic oxidation sites excluding steroid dienone is 24. The molecule has 412 valence electrons. The van der Waals surface area contributed by atoms with Crippen molar-refractivity contribution in [2.75, 3.05) is 26.4 Å². The Hall–Kier alpha value is -4.11. The summed E-state index contributed by atoms with van der Waals surface area (Å²) in [6.45, 7) is 3.47. The third-order valence-corrected chi connectivity index (χ3v) is 12.2. The molecule has 73 heavy (non-hydrogen) atoms. The number of hydrogen-bond acceptors (Lipinski definition) is 8. The maximum absolute atomic E-state index is 12.7. The Bertz CT molecular complexity index is 1700. The van der Waals surface area contributed by atoms with Crippen LogP contribution in [-0.4, -0.2) is 49.3 Å². The average Bonchev–Trinajstić information content (AvgIpc) is 3.38. The second kappa shape index (κ2) is 57.2. The number of carbonyl (C=O) groups excluding carboxylic acids is 2. The molecule has 0 aliphatic carbocycles. The van der Waals surface area contributed by atoms with Crippen molar-refractivity contribution < 1.29 is 37.6 Å². The fourth-order valence-corrected chi connectivity index (χ4v) is 7.88. The van der Waals surface area contributed by atoms with Gasteiger partial charge in [0.2, 0.25) is 0 Å². The second-order valence-corrected chi connectivity index (χ2v) is 19.5. The molecule has 3 N–H and O–H groups in total. The summed E-state index contributed by atoms with van der Waals surface area (Å²) in [6.07, 6.45) is 81.8. The molecule has 0 amide bonds. The molecular formula is C63H102NO8P. The van der Waals surface area contributed by atoms with E-state index in [2.05, 4.69) is 160 Å². The zero-order valence-corrected chi connectivity index (χ0v) is 46.7. The number of phosphoric ester groups is 1. The van der Waals surface area contributed by atoms with Gasteiger partial charge in [0.15, 0.2) is 6.10 Å². The first kappa shape index (κ1) is 68.9. The van der Waals surface area contributed by atoms with Crippen LogP contribution in [0.1, 0.15) is 206 Å². The predicted octanol–water partition coefficient (Wildman–Crippen LogP) is 18.0. The van der Waals surface area contributed by atoms with Crippen molar-refractivity contribution in [3.05, 3.63) is 146 Å². The lowest BCUT2D eigenvalue weighted by molar-refractivity contribution is -0.161. The molecule has 2 atom stereocenters. The first-order valence-electron chi connectivity index (χ1n) is 28.3. The SMILES string of the molecule is CC/C=C\C/C=C\C/C=C\C/C=C\C/C=C\C/C=C\C/C=C\C/C=C\C/C=C\CCCCCCCCCC(=O)OC(COC(=O)CCCCCCCCC/C=C\C/C=C\C/C=C\CC)COP(=O)(O)OCCN. The van der Waals surface area contributed by atoms with Crippen LogP contribution in [0.3, 0.4) is 0 Å². The summed E-state index contributed by atoms with van der Waals surface area (Å²) in [5, 5.41) is 0. The third kappa shape index (κ3) is 57.0. The van der Waals surface area contributed by atoms with E-state index in [1.165, 1.54) is 32.1 Å². The molecule has 0 fully saturated rings. The Balaban J connectivity index is 4.06. The molecule has 0 aromatic rings. The minimum Gasteiger partial charge on any atom is -0.462 e. The summed E-state index contributed by atoms with van der Waals surface area (Å²) in [6, 6.07) is 0. The van der Waals surface area contributed by atoms with E-state index >= 15 is 0 Å². The minimum atomic E-state index is -4.40. The molecule has 9 nitrogen and oxygen atoms in total. The number of hydrogen-bond donors (Lipinski definition) is 2. The van der Waals surface area contributed by atoms with Crippen LogP contribution < -0.4 is 5.73 Å². The summed E-state index contributed by atoms with van der Waals surface area (Å²) in [5.41, 5.74) is 5.37. The zero-order valence-electron chi connectivity index (χ0n) is 45.8. The third-order valence-electron chi connectivity index (χ3n) is 11.2. The molecule has 2 unspecified atom stereocenters. The van der Waals surface area contributed by atoms with Gasteiger partial charge in [-0.3, -0.25) is 18.6 Å². The van der Waals surface area contributed by atoms with Gasteiger partial charge in [0.05, 0.1) is 13.2 Å². The fraction of sp³-hybridized carbons (Fsp3) is 0.587. The maximum Gasteiger partial charge on any atom is 0.472 e. The zero-order chi connectivity index (χ0) is 53.1. The van der Waals surface area contributed by atoms with Crippen molar-refractivity contribution in [2.24, 2.45) is 5.73 Å². The molecule has 0 aliphatic heterocycles. The van der Waals surface area contributed by atoms with E-state index in [-0.39, 0.29) is 32.6 Å². The average molecular weight is 1030 g/mol. The van der Waals surface area contributed by atoms with Gasteiger partial charge in [0.1, 0.15) is 6.61 Å². The standard InChI is InChI=1S/C63H102NO8P/c1-3-5-7-9-11-13-15-17-19-21-22-23-24-25-26-27-28-29-30-31-32-33-34-35-36-37-38-40-42-44-46-48-50-52-54-56-63(66)72-61(60-71-73(67,68)70-58-57-64)59-69-62(65)55-53-51-49-47-45-43-41-39-20-18-16-14-12-10-8-6-4-2/h5-8,11-14,17-20,22-23,25-26,28-29,31-32,34-35,37-38,61H,3-4,9-10,15-16,21,24,27,30,33,36,39-60,64H2,1-2H3,(H,67,68)/b7-5-,8-6-,13-11-,14-12-,19-17-,20-18-,23-22-,26-25-,29-28-,32-31-,35-34-,38-37-. The van der Waals surface area contributed by atoms with Crippen LogP contribution >= 0.6 is 7.82 Å². The topological polar surface area (TPSA) is 134 Å². The first-order valence-corrected chi connectivity index (χ1v) is 29.8. The first-order chi connectivity index (χ1) is 35.8. The van der Waals surface area contributed by atoms with Crippen molar-refractivity contribution in [3.8, 4) is 0 Å². The van der Waals surface area contributed by atoms with E-state index < -0.39 is 32.5 Å². The van der Waals surface area contributed by atoms with E-state index in [1.54, 1.807) is 0 Å². The Labute approximate surface area is 446 Å². The highest BCUT2D eigenvalue weighted by Crippen LogP contribution is 2.43. The minimum absolute atomic E-state index is 0.0419. The van der Waals surface area contributed by atoms with E-state index in [1.807, 2.05) is 0 Å². The molecule has 0 spiro atoms. The number of ether oxygens (including phenoxy) is 2. The van der Waals surface area contributed by atoms with Crippen molar-refractivity contribution in [1.82, 2.24) is 0 Å². The lowest BCUT2D eigenvalue weighted by Gasteiger charge is -2.19. The van der Waals surface area contributed by atoms with E-state index in [0.717, 1.165) is 135 Å². The Morgan fingerprint density at radius 3 is 1.05 bits per heavy atom. The van der Waals surface area contributed by atoms with Crippen molar-refractivity contribution >= 4 is 19.8 Å². The lowest BCUT2D eigenvalue weighted by atomic mass is 10.1. The van der Waals surface area contributed by atoms with Gasteiger partial charge in [-0.1, -0.05) is 224 Å². The summed E-state index contributed by atoms with van der Waals surface area (Å²) >= 11 is 0. The summed E-state index contributed by atoms with van der Waals surface area (Å²) in [4.78, 5) is 35.1. The van der Waals surface area contributed by atoms with Crippen molar-refractivity contribution in [1.29, 1.82) is 0 Å². The van der Waals surface area contributed by atoms with E-state index in [9.17, 15) is 19.0 Å². The van der Waals surface area contributed by atoms with E-state index in [4.69, 9.17) is 24.3 Å². The largest absolute Gasteiger partial charge is 0.472 e. The van der Waals surface area contributed by atoms with Crippen LogP contribution in [0, 0.1) is 0 Å². The van der Waals surface area contributed by atoms with Crippen LogP contribution in [0.5, 0.6) is 0 Å². The molecule has 0 bridgehead atoms. The summed E-state index contributed by atoms with van der Waals surface area (Å²) < 4.78 is 33.0. The Morgan fingerprint density at radius 2 is 0.712 bits per heavy atom. The molecule has 0 aromatic carbocycles. The van der Waals surface area contributed by atoms with Gasteiger partial charge in [-0.15, -0.1) is 0 Å². The van der Waals surface area contributed by atoms with Gasteiger partial charge in [-0.25, -0.2) is 4.57 Å². The van der Waals surface area contributed by atoms with Crippen LogP contribution in [0.2, 0.25) is 0 Å². The quantitative estimate of drug-likeness (QED) is 0.0264. The van der Waals surface area contributed by atoms with Gasteiger partial charge in [-0.05, 0) is 116 Å². The number of esters is 2. The highest BCUT2D eigenvalue weighted by atomic mass is 31.2. The van der Waals surface area contributed by atoms with Crippen LogP contribution in [0.4, 0.5) is 0 Å². The molecule has 0 heterocycles. The van der Waals surface area contributed by atoms with Gasteiger partial charge in [-0.2, -0.15) is 0 Å². The molecule has 0 saturated heterocycles. The number of rotatable bonds is 51. The van der Waals surface area contributed by atoms with Gasteiger partial charge in [0, 0.05) is 19.4 Å². The molecule has 0 radical (unpaired) electrons. The predicted molar refractivity (Wildman–Crippen MR) is 311 cm³/mol. The van der Waals surface area contributed by atoms with Crippen LogP contribution in [0.25, 0.3) is 0 Å². The van der Waals surface area contributed by atoms with Gasteiger partial charge in [0.25, 0.3) is 0 Å². The summed E-state index contributed by atoms with van der Waals surface area (Å²) in [7, 11) is -4.40. The second-order valence-electron chi connectivity index (χ2n) is 18.0. The smallest absolute Gasteiger partial charge is 0.462 e. The van der Waals surface area contributed by atoms with Gasteiger partial charge >= 0.3 is 19.8 Å². The monoisotopic (exact) mass is 1030 g/mol. The number of nitrogens with two attached hydrogens (primary N) is 1. The fourth-order valence-electron chi connectivity index (χ4n) is 7.11. The van der Waals surface area contributed by atoms with Crippen molar-refractivity contribution in [2.45, 2.75) is 213 Å². The molecule has 10 heteroatoms. The van der Waals surface area contributed by atoms with Crippen LogP contribution in [-0.2, 0) is 32.7 Å². The number of carbonyl (C=O) groups is 2. The Kier molecular flexibility index (Phi) is 54.0. The van der Waals surface area contributed by atoms with Crippen molar-refractivity contribution in [3.63, 3.8) is 0 Å². The molecule has 0 saturated carbocycles. The highest BCUT2D eigenvalue weighted by Gasteiger charge is 2.26. The highest BCUT2D eigenvalue weighted by molar-refractivity contribution is 7.47.